The number of aromatic nitrogens is 1. The third-order valence-electron chi connectivity index (χ3n) is 4.36. The van der Waals surface area contributed by atoms with Gasteiger partial charge in [0.05, 0.1) is 39.1 Å². The first kappa shape index (κ1) is 22.1. The molecule has 0 spiro atoms. The first-order chi connectivity index (χ1) is 14.9. The van der Waals surface area contributed by atoms with Crippen molar-refractivity contribution in [2.75, 3.05) is 32.0 Å². The number of nitrogens with zero attached hydrogens (tertiary/aromatic N) is 1. The Morgan fingerprint density at radius 2 is 1.68 bits per heavy atom. The lowest BCUT2D eigenvalue weighted by molar-refractivity contribution is -0.115. The Balaban J connectivity index is 1.65. The second-order valence-electron chi connectivity index (χ2n) is 6.63. The van der Waals surface area contributed by atoms with Crippen LogP contribution in [0.3, 0.4) is 0 Å². The topological polar surface area (TPSA) is 98.8 Å². The number of methoxy groups -OCH3 is 3. The quantitative estimate of drug-likeness (QED) is 0.550. The van der Waals surface area contributed by atoms with E-state index in [2.05, 4.69) is 15.6 Å². The number of carbonyl (C=O) groups is 2. The lowest BCUT2D eigenvalue weighted by atomic mass is 10.2. The third kappa shape index (κ3) is 5.73. The van der Waals surface area contributed by atoms with Crippen LogP contribution in [-0.4, -0.2) is 38.1 Å². The highest BCUT2D eigenvalue weighted by Crippen LogP contribution is 2.26. The monoisotopic (exact) mass is 441 g/mol. The van der Waals surface area contributed by atoms with Crippen molar-refractivity contribution in [3.63, 3.8) is 0 Å². The molecular weight excluding hydrogens is 418 g/mol. The number of ether oxygens (including phenoxy) is 3. The highest BCUT2D eigenvalue weighted by atomic mass is 32.1. The SMILES string of the molecule is COc1cc(OC)cc(C(=O)Nc2nc(CC(=O)Nc3cc(C)ccc3OC)cs2)c1. The van der Waals surface area contributed by atoms with Crippen molar-refractivity contribution in [2.45, 2.75) is 13.3 Å². The molecule has 2 amide bonds. The fourth-order valence-electron chi connectivity index (χ4n) is 2.83. The summed E-state index contributed by atoms with van der Waals surface area (Å²) in [5, 5.41) is 7.70. The molecule has 0 aliphatic rings. The number of hydrogen-bond acceptors (Lipinski definition) is 7. The summed E-state index contributed by atoms with van der Waals surface area (Å²) >= 11 is 1.24. The van der Waals surface area contributed by atoms with Gasteiger partial charge in [0.25, 0.3) is 5.91 Å². The van der Waals surface area contributed by atoms with E-state index in [1.807, 2.05) is 19.1 Å². The molecule has 0 unspecified atom stereocenters. The Hall–Kier alpha value is -3.59. The minimum atomic E-state index is -0.355. The van der Waals surface area contributed by atoms with Crippen LogP contribution in [0.5, 0.6) is 17.2 Å². The summed E-state index contributed by atoms with van der Waals surface area (Å²) in [7, 11) is 4.58. The lowest BCUT2D eigenvalue weighted by Crippen LogP contribution is -2.16. The molecule has 0 bridgehead atoms. The summed E-state index contributed by atoms with van der Waals surface area (Å²) in [6.45, 7) is 1.93. The van der Waals surface area contributed by atoms with E-state index in [1.165, 1.54) is 25.6 Å². The maximum atomic E-state index is 12.6. The van der Waals surface area contributed by atoms with E-state index < -0.39 is 0 Å². The molecule has 31 heavy (non-hydrogen) atoms. The van der Waals surface area contributed by atoms with E-state index in [4.69, 9.17) is 14.2 Å². The van der Waals surface area contributed by atoms with Crippen molar-refractivity contribution in [1.82, 2.24) is 4.98 Å². The number of amides is 2. The highest BCUT2D eigenvalue weighted by molar-refractivity contribution is 7.14. The first-order valence-electron chi connectivity index (χ1n) is 9.35. The molecule has 2 aromatic carbocycles. The predicted molar refractivity (Wildman–Crippen MR) is 120 cm³/mol. The molecule has 0 saturated heterocycles. The van der Waals surface area contributed by atoms with Crippen LogP contribution in [0.1, 0.15) is 21.6 Å². The Labute approximate surface area is 184 Å². The zero-order chi connectivity index (χ0) is 22.4. The normalized spacial score (nSPS) is 10.3. The molecule has 0 aliphatic heterocycles. The van der Waals surface area contributed by atoms with Crippen molar-refractivity contribution < 1.29 is 23.8 Å². The van der Waals surface area contributed by atoms with Gasteiger partial charge in [-0.2, -0.15) is 0 Å². The first-order valence-corrected chi connectivity index (χ1v) is 10.2. The number of thiazole rings is 1. The summed E-state index contributed by atoms with van der Waals surface area (Å²) in [4.78, 5) is 29.3. The maximum Gasteiger partial charge on any atom is 0.257 e. The van der Waals surface area contributed by atoms with Gasteiger partial charge in [-0.25, -0.2) is 4.98 Å². The summed E-state index contributed by atoms with van der Waals surface area (Å²) in [6, 6.07) is 10.4. The molecule has 3 aromatic rings. The van der Waals surface area contributed by atoms with E-state index in [-0.39, 0.29) is 18.2 Å². The molecule has 0 atom stereocenters. The van der Waals surface area contributed by atoms with Crippen LogP contribution in [0.4, 0.5) is 10.8 Å². The number of nitrogens with one attached hydrogen (secondary N) is 2. The second kappa shape index (κ2) is 9.94. The largest absolute Gasteiger partial charge is 0.497 e. The van der Waals surface area contributed by atoms with Gasteiger partial charge in [-0.3, -0.25) is 14.9 Å². The minimum Gasteiger partial charge on any atom is -0.497 e. The highest BCUT2D eigenvalue weighted by Gasteiger charge is 2.14. The molecule has 0 aliphatic carbocycles. The standard InChI is InChI=1S/C22H23N3O5S/c1-13-5-6-19(30-4)18(7-13)24-20(26)10-15-12-31-22(23-15)25-21(27)14-8-16(28-2)11-17(9-14)29-3/h5-9,11-12H,10H2,1-4H3,(H,24,26)(H,23,25,27). The molecule has 1 aromatic heterocycles. The van der Waals surface area contributed by atoms with Gasteiger partial charge in [-0.05, 0) is 36.8 Å². The van der Waals surface area contributed by atoms with E-state index in [9.17, 15) is 9.59 Å². The molecule has 9 heteroatoms. The van der Waals surface area contributed by atoms with Crippen molar-refractivity contribution in [1.29, 1.82) is 0 Å². The molecule has 0 radical (unpaired) electrons. The molecule has 0 saturated carbocycles. The Morgan fingerprint density at radius 3 is 2.32 bits per heavy atom. The van der Waals surface area contributed by atoms with Gasteiger partial charge in [0.2, 0.25) is 5.91 Å². The number of rotatable bonds is 8. The fraction of sp³-hybridized carbons (Fsp3) is 0.227. The predicted octanol–water partition coefficient (Wildman–Crippen LogP) is 3.91. The molecule has 8 nitrogen and oxygen atoms in total. The van der Waals surface area contributed by atoms with Crippen molar-refractivity contribution >= 4 is 34.0 Å². The molecule has 1 heterocycles. The van der Waals surface area contributed by atoms with E-state index in [0.29, 0.717) is 39.3 Å². The van der Waals surface area contributed by atoms with Gasteiger partial charge in [-0.15, -0.1) is 11.3 Å². The van der Waals surface area contributed by atoms with Crippen LogP contribution >= 0.6 is 11.3 Å². The molecule has 2 N–H and O–H groups in total. The van der Waals surface area contributed by atoms with Crippen molar-refractivity contribution in [3.8, 4) is 17.2 Å². The lowest BCUT2D eigenvalue weighted by Gasteiger charge is -2.10. The van der Waals surface area contributed by atoms with Crippen LogP contribution in [0.25, 0.3) is 0 Å². The number of aryl methyl sites for hydroxylation is 1. The van der Waals surface area contributed by atoms with Crippen LogP contribution in [0, 0.1) is 6.92 Å². The number of anilines is 2. The fourth-order valence-corrected chi connectivity index (χ4v) is 3.54. The van der Waals surface area contributed by atoms with E-state index >= 15 is 0 Å². The summed E-state index contributed by atoms with van der Waals surface area (Å²) in [5.41, 5.74) is 2.53. The van der Waals surface area contributed by atoms with Crippen molar-refractivity contribution in [2.24, 2.45) is 0 Å². The van der Waals surface area contributed by atoms with Gasteiger partial charge in [0, 0.05) is 17.0 Å². The van der Waals surface area contributed by atoms with Crippen LogP contribution < -0.4 is 24.8 Å². The number of benzene rings is 2. The smallest absolute Gasteiger partial charge is 0.257 e. The Morgan fingerprint density at radius 1 is 0.968 bits per heavy atom. The average molecular weight is 442 g/mol. The van der Waals surface area contributed by atoms with Gasteiger partial charge in [-0.1, -0.05) is 6.07 Å². The minimum absolute atomic E-state index is 0.0659. The Kier molecular flexibility index (Phi) is 7.09. The van der Waals surface area contributed by atoms with Crippen molar-refractivity contribution in [3.05, 3.63) is 58.6 Å². The zero-order valence-electron chi connectivity index (χ0n) is 17.6. The van der Waals surface area contributed by atoms with Crippen LogP contribution in [-0.2, 0) is 11.2 Å². The average Bonchev–Trinajstić information content (AvgIpc) is 3.19. The molecule has 3 rings (SSSR count). The summed E-state index contributed by atoms with van der Waals surface area (Å²) in [5.74, 6) is 1.01. The van der Waals surface area contributed by atoms with Gasteiger partial charge < -0.3 is 19.5 Å². The van der Waals surface area contributed by atoms with E-state index in [1.54, 1.807) is 36.8 Å². The molecule has 0 fully saturated rings. The summed E-state index contributed by atoms with van der Waals surface area (Å²) in [6.07, 6.45) is 0.0659. The maximum absolute atomic E-state index is 12.6. The molecular formula is C22H23N3O5S. The van der Waals surface area contributed by atoms with Crippen LogP contribution in [0.15, 0.2) is 41.8 Å². The second-order valence-corrected chi connectivity index (χ2v) is 7.49. The zero-order valence-corrected chi connectivity index (χ0v) is 18.5. The molecule has 162 valence electrons. The number of hydrogen-bond donors (Lipinski definition) is 2. The van der Waals surface area contributed by atoms with Gasteiger partial charge in [0.15, 0.2) is 5.13 Å². The third-order valence-corrected chi connectivity index (χ3v) is 5.16. The Bertz CT molecular complexity index is 1070. The summed E-state index contributed by atoms with van der Waals surface area (Å²) < 4.78 is 15.7. The van der Waals surface area contributed by atoms with Gasteiger partial charge in [0.1, 0.15) is 17.2 Å². The van der Waals surface area contributed by atoms with Gasteiger partial charge >= 0.3 is 0 Å². The van der Waals surface area contributed by atoms with E-state index in [0.717, 1.165) is 5.56 Å². The number of carbonyl (C=O) groups excluding carboxylic acids is 2. The van der Waals surface area contributed by atoms with Crippen LogP contribution in [0.2, 0.25) is 0 Å².